The van der Waals surface area contributed by atoms with Gasteiger partial charge in [-0.05, 0) is 55.3 Å². The Hall–Kier alpha value is -4.57. The molecule has 10 nitrogen and oxygen atoms in total. The lowest BCUT2D eigenvalue weighted by Gasteiger charge is -2.21. The maximum atomic E-state index is 13.6. The number of aryl methyl sites for hydroxylation is 3. The molecule has 0 bridgehead atoms. The van der Waals surface area contributed by atoms with Gasteiger partial charge in [-0.3, -0.25) is 23.4 Å². The van der Waals surface area contributed by atoms with E-state index in [1.54, 1.807) is 54.5 Å². The third-order valence-corrected chi connectivity index (χ3v) is 6.78. The molecule has 11 heteroatoms. The summed E-state index contributed by atoms with van der Waals surface area (Å²) in [6.45, 7) is 4.03. The second kappa shape index (κ2) is 9.07. The van der Waals surface area contributed by atoms with Crippen molar-refractivity contribution >= 4 is 33.8 Å². The summed E-state index contributed by atoms with van der Waals surface area (Å²) in [5, 5.41) is 8.92. The highest BCUT2D eigenvalue weighted by Gasteiger charge is 2.22. The van der Waals surface area contributed by atoms with Crippen molar-refractivity contribution in [1.82, 2.24) is 38.7 Å². The van der Waals surface area contributed by atoms with E-state index in [1.807, 2.05) is 42.5 Å². The van der Waals surface area contributed by atoms with Gasteiger partial charge in [-0.15, -0.1) is 5.10 Å². The number of rotatable bonds is 5. The Morgan fingerprint density at radius 1 is 1.05 bits per heavy atom. The summed E-state index contributed by atoms with van der Waals surface area (Å²) >= 11 is 6.22. The molecule has 0 saturated heterocycles. The van der Waals surface area contributed by atoms with Crippen LogP contribution in [0.3, 0.4) is 0 Å². The Morgan fingerprint density at radius 2 is 1.89 bits per heavy atom. The Morgan fingerprint density at radius 3 is 2.63 bits per heavy atom. The quantitative estimate of drug-likeness (QED) is 0.328. The molecule has 5 aromatic heterocycles. The predicted octanol–water partition coefficient (Wildman–Crippen LogP) is 4.57. The largest absolute Gasteiger partial charge is 0.377 e. The van der Waals surface area contributed by atoms with Crippen LogP contribution >= 0.6 is 11.6 Å². The van der Waals surface area contributed by atoms with Gasteiger partial charge in [-0.1, -0.05) is 17.7 Å². The van der Waals surface area contributed by atoms with Crippen LogP contribution in [0.1, 0.15) is 24.1 Å². The molecule has 190 valence electrons. The fraction of sp³-hybridized carbons (Fsp3) is 0.185. The highest BCUT2D eigenvalue weighted by molar-refractivity contribution is 6.29. The molecule has 0 saturated carbocycles. The van der Waals surface area contributed by atoms with E-state index in [1.165, 1.54) is 0 Å². The van der Waals surface area contributed by atoms with Gasteiger partial charge in [-0.2, -0.15) is 0 Å². The number of pyridine rings is 2. The van der Waals surface area contributed by atoms with E-state index in [9.17, 15) is 4.79 Å². The highest BCUT2D eigenvalue weighted by Crippen LogP contribution is 2.33. The van der Waals surface area contributed by atoms with Crippen molar-refractivity contribution in [2.24, 2.45) is 14.1 Å². The molecule has 6 aromatic rings. The first kappa shape index (κ1) is 23.8. The number of hydrogen-bond donors (Lipinski definition) is 1. The number of nitrogens with one attached hydrogen (secondary N) is 1. The van der Waals surface area contributed by atoms with Crippen LogP contribution in [0.15, 0.2) is 66.2 Å². The molecule has 1 aromatic carbocycles. The van der Waals surface area contributed by atoms with Crippen molar-refractivity contribution in [3.8, 4) is 22.8 Å². The summed E-state index contributed by atoms with van der Waals surface area (Å²) in [6.07, 6.45) is 6.84. The molecule has 0 aliphatic rings. The summed E-state index contributed by atoms with van der Waals surface area (Å²) in [6, 6.07) is 11.2. The second-order valence-corrected chi connectivity index (χ2v) is 9.67. The first-order valence-corrected chi connectivity index (χ1v) is 12.4. The first-order valence-electron chi connectivity index (χ1n) is 12.0. The molecule has 1 N–H and O–H groups in total. The molecule has 0 fully saturated rings. The van der Waals surface area contributed by atoms with Crippen molar-refractivity contribution in [1.29, 1.82) is 0 Å². The fourth-order valence-corrected chi connectivity index (χ4v) is 5.01. The normalized spacial score (nSPS) is 12.3. The monoisotopic (exact) mass is 525 g/mol. The Kier molecular flexibility index (Phi) is 5.68. The minimum atomic E-state index is -0.220. The van der Waals surface area contributed by atoms with Crippen molar-refractivity contribution in [3.05, 3.63) is 88.1 Å². The Labute approximate surface area is 222 Å². The van der Waals surface area contributed by atoms with E-state index in [2.05, 4.69) is 36.4 Å². The Bertz CT molecular complexity index is 1890. The number of anilines is 1. The molecular formula is C27H24ClN9O. The molecule has 0 aliphatic carbocycles. The smallest absolute Gasteiger partial charge is 0.261 e. The van der Waals surface area contributed by atoms with Crippen LogP contribution in [-0.2, 0) is 14.1 Å². The lowest BCUT2D eigenvalue weighted by molar-refractivity contribution is 0.767. The number of aromatic nitrogens is 8. The van der Waals surface area contributed by atoms with E-state index in [0.717, 1.165) is 27.9 Å². The molecule has 0 radical (unpaired) electrons. The summed E-state index contributed by atoms with van der Waals surface area (Å²) in [4.78, 5) is 31.4. The van der Waals surface area contributed by atoms with Gasteiger partial charge in [0.15, 0.2) is 0 Å². The summed E-state index contributed by atoms with van der Waals surface area (Å²) in [7, 11) is 3.57. The zero-order valence-corrected chi connectivity index (χ0v) is 22.0. The van der Waals surface area contributed by atoms with Gasteiger partial charge in [0.25, 0.3) is 5.56 Å². The highest BCUT2D eigenvalue weighted by atomic mass is 35.5. The van der Waals surface area contributed by atoms with E-state index < -0.39 is 0 Å². The minimum absolute atomic E-state index is 0.0955. The molecular weight excluding hydrogens is 502 g/mol. The number of benzene rings is 1. The predicted molar refractivity (Wildman–Crippen MR) is 147 cm³/mol. The molecule has 5 heterocycles. The minimum Gasteiger partial charge on any atom is -0.377 e. The third kappa shape index (κ3) is 3.90. The van der Waals surface area contributed by atoms with Crippen LogP contribution in [0.4, 0.5) is 5.69 Å². The van der Waals surface area contributed by atoms with E-state index >= 15 is 0 Å². The Balaban J connectivity index is 1.55. The number of nitrogens with zero attached hydrogens (tertiary/aromatic N) is 8. The van der Waals surface area contributed by atoms with Gasteiger partial charge in [0.05, 0.1) is 22.6 Å². The van der Waals surface area contributed by atoms with Crippen molar-refractivity contribution in [2.75, 3.05) is 5.32 Å². The van der Waals surface area contributed by atoms with Crippen LogP contribution < -0.4 is 10.9 Å². The van der Waals surface area contributed by atoms with E-state index in [-0.39, 0.29) is 11.6 Å². The lowest BCUT2D eigenvalue weighted by Crippen LogP contribution is -2.21. The summed E-state index contributed by atoms with van der Waals surface area (Å²) in [5.41, 5.74) is 6.10. The van der Waals surface area contributed by atoms with Crippen molar-refractivity contribution < 1.29 is 0 Å². The van der Waals surface area contributed by atoms with Crippen LogP contribution in [0.25, 0.3) is 39.3 Å². The van der Waals surface area contributed by atoms with Crippen molar-refractivity contribution in [3.63, 3.8) is 0 Å². The zero-order valence-electron chi connectivity index (χ0n) is 21.2. The topological polar surface area (TPSA) is 108 Å². The van der Waals surface area contributed by atoms with Crippen LogP contribution in [0.5, 0.6) is 0 Å². The number of imidazole rings is 1. The van der Waals surface area contributed by atoms with Gasteiger partial charge in [0.1, 0.15) is 34.8 Å². The average molecular weight is 526 g/mol. The summed E-state index contributed by atoms with van der Waals surface area (Å²) in [5.74, 6) is 0.464. The maximum absolute atomic E-state index is 13.6. The zero-order chi connectivity index (χ0) is 26.6. The number of fused-ring (bicyclic) bond motifs is 3. The lowest BCUT2D eigenvalue weighted by atomic mass is 10.0. The molecule has 1 unspecified atom stereocenters. The van der Waals surface area contributed by atoms with E-state index in [0.29, 0.717) is 33.4 Å². The fourth-order valence-electron chi connectivity index (χ4n) is 4.86. The molecule has 0 amide bonds. The van der Waals surface area contributed by atoms with Gasteiger partial charge in [0, 0.05) is 32.1 Å². The second-order valence-electron chi connectivity index (χ2n) is 9.28. The van der Waals surface area contributed by atoms with Crippen molar-refractivity contribution in [2.45, 2.75) is 19.9 Å². The first-order chi connectivity index (χ1) is 18.3. The molecule has 1 atom stereocenters. The van der Waals surface area contributed by atoms with Crippen LogP contribution in [0.2, 0.25) is 5.15 Å². The number of halogens is 1. The van der Waals surface area contributed by atoms with Gasteiger partial charge in [-0.25, -0.2) is 15.0 Å². The van der Waals surface area contributed by atoms with Gasteiger partial charge < -0.3 is 5.32 Å². The van der Waals surface area contributed by atoms with Crippen LogP contribution in [-0.4, -0.2) is 38.7 Å². The molecule has 0 spiro atoms. The van der Waals surface area contributed by atoms with Gasteiger partial charge in [0.2, 0.25) is 5.82 Å². The van der Waals surface area contributed by atoms with Crippen LogP contribution in [0, 0.1) is 6.92 Å². The summed E-state index contributed by atoms with van der Waals surface area (Å²) < 4.78 is 5.24. The number of hydrogen-bond acceptors (Lipinski definition) is 7. The van der Waals surface area contributed by atoms with Gasteiger partial charge >= 0.3 is 0 Å². The van der Waals surface area contributed by atoms with E-state index in [4.69, 9.17) is 11.6 Å². The molecule has 0 aliphatic heterocycles. The average Bonchev–Trinajstić information content (AvgIpc) is 3.55. The SMILES string of the molecule is Cc1cc(C(C)Nc2ccc(Cl)nc2-c2ncn(C)n2)c2c(c1)c(=O)n(C)c1c(-c3cccnc3)ncn21. The molecule has 38 heavy (non-hydrogen) atoms. The standard InChI is InChI=1S/C27H24ClN9O/c1-15-10-18(16(2)32-20-7-8-21(28)33-23(20)25-31-13-35(3)34-25)24-19(11-15)27(38)36(4)26-22(30-14-37(24)26)17-6-5-9-29-12-17/h5-14,16,32H,1-4H3. The maximum Gasteiger partial charge on any atom is 0.261 e. The third-order valence-electron chi connectivity index (χ3n) is 6.57. The molecule has 6 rings (SSSR count).